The Morgan fingerprint density at radius 2 is 0.718 bits per heavy atom. The number of hydrogen-bond donors (Lipinski definition) is 0. The Kier molecular flexibility index (Phi) is 6.13. The molecule has 0 fully saturated rings. The van der Waals surface area contributed by atoms with Gasteiger partial charge >= 0.3 is 0 Å². The summed E-state index contributed by atoms with van der Waals surface area (Å²) in [5.41, 5.74) is 10.00. The van der Waals surface area contributed by atoms with E-state index in [9.17, 15) is 0 Å². The lowest BCUT2D eigenvalue weighted by Gasteiger charge is -2.12. The van der Waals surface area contributed by atoms with E-state index >= 15 is 0 Å². The zero-order valence-electron chi connectivity index (χ0n) is 21.4. The van der Waals surface area contributed by atoms with Crippen LogP contribution in [0.25, 0.3) is 65.0 Å². The van der Waals surface area contributed by atoms with Gasteiger partial charge in [-0.15, -0.1) is 11.3 Å². The van der Waals surface area contributed by atoms with Gasteiger partial charge in [0.2, 0.25) is 0 Å². The maximum Gasteiger partial charge on any atom is 0.0434 e. The van der Waals surface area contributed by atoms with E-state index < -0.39 is 0 Å². The van der Waals surface area contributed by atoms with Crippen LogP contribution in [-0.4, -0.2) is 0 Å². The van der Waals surface area contributed by atoms with Gasteiger partial charge in [-0.3, -0.25) is 0 Å². The number of rotatable bonds is 5. The molecule has 0 atom stereocenters. The first-order chi connectivity index (χ1) is 19.4. The number of hydrogen-bond acceptors (Lipinski definition) is 1. The summed E-state index contributed by atoms with van der Waals surface area (Å²) >= 11 is 1.90. The van der Waals surface area contributed by atoms with E-state index in [1.165, 1.54) is 65.0 Å². The van der Waals surface area contributed by atoms with Crippen molar-refractivity contribution in [3.8, 4) is 54.3 Å². The zero-order valence-corrected chi connectivity index (χ0v) is 22.2. The van der Waals surface area contributed by atoms with Gasteiger partial charge < -0.3 is 0 Å². The number of benzene rings is 6. The summed E-state index contributed by atoms with van der Waals surface area (Å²) in [6.45, 7) is 0. The highest BCUT2D eigenvalue weighted by atomic mass is 32.1. The molecule has 0 radical (unpaired) electrons. The fourth-order valence-electron chi connectivity index (χ4n) is 5.45. The van der Waals surface area contributed by atoms with Gasteiger partial charge in [0.05, 0.1) is 0 Å². The molecule has 0 bridgehead atoms. The van der Waals surface area contributed by atoms with Gasteiger partial charge in [0, 0.05) is 31.7 Å². The minimum absolute atomic E-state index is 1.23. The van der Waals surface area contributed by atoms with Gasteiger partial charge in [-0.05, 0) is 39.4 Å². The monoisotopic (exact) mass is 514 g/mol. The van der Waals surface area contributed by atoms with Crippen molar-refractivity contribution in [1.29, 1.82) is 0 Å². The van der Waals surface area contributed by atoms with Gasteiger partial charge in [0.1, 0.15) is 0 Å². The SMILES string of the molecule is c1ccc(-c2ccc(-c3sc(-c4ccccc4-c4ccccc4)c4ccccc34)c(-c3ccccc3)c2)cc1. The molecule has 6 aromatic carbocycles. The molecule has 0 nitrogen and oxygen atoms in total. The second kappa shape index (κ2) is 10.2. The van der Waals surface area contributed by atoms with Crippen LogP contribution in [0.2, 0.25) is 0 Å². The third-order valence-electron chi connectivity index (χ3n) is 7.33. The average molecular weight is 515 g/mol. The first-order valence-electron chi connectivity index (χ1n) is 13.3. The Balaban J connectivity index is 1.47. The van der Waals surface area contributed by atoms with E-state index in [4.69, 9.17) is 0 Å². The highest BCUT2D eigenvalue weighted by Gasteiger charge is 2.19. The van der Waals surface area contributed by atoms with Crippen molar-refractivity contribution in [2.75, 3.05) is 0 Å². The zero-order chi connectivity index (χ0) is 26.0. The van der Waals surface area contributed by atoms with Crippen molar-refractivity contribution in [2.24, 2.45) is 0 Å². The maximum atomic E-state index is 2.35. The second-order valence-electron chi connectivity index (χ2n) is 9.71. The van der Waals surface area contributed by atoms with Crippen molar-refractivity contribution in [2.45, 2.75) is 0 Å². The highest BCUT2D eigenvalue weighted by molar-refractivity contribution is 7.21. The molecule has 184 valence electrons. The Morgan fingerprint density at radius 3 is 1.31 bits per heavy atom. The van der Waals surface area contributed by atoms with E-state index in [1.54, 1.807) is 0 Å². The van der Waals surface area contributed by atoms with Crippen LogP contribution in [0, 0.1) is 0 Å². The summed E-state index contributed by atoms with van der Waals surface area (Å²) < 4.78 is 0. The Hall–Kier alpha value is -4.72. The summed E-state index contributed by atoms with van der Waals surface area (Å²) in [5.74, 6) is 0. The molecule has 1 aromatic heterocycles. The molecule has 0 aliphatic carbocycles. The first-order valence-corrected chi connectivity index (χ1v) is 14.1. The molecule has 0 saturated heterocycles. The third-order valence-corrected chi connectivity index (χ3v) is 8.62. The summed E-state index contributed by atoms with van der Waals surface area (Å²) in [6, 6.07) is 56.7. The second-order valence-corrected chi connectivity index (χ2v) is 10.7. The van der Waals surface area contributed by atoms with Crippen molar-refractivity contribution in [3.05, 3.63) is 158 Å². The molecule has 7 aromatic rings. The minimum atomic E-state index is 1.23. The molecule has 39 heavy (non-hydrogen) atoms. The van der Waals surface area contributed by atoms with E-state index in [2.05, 4.69) is 158 Å². The molecule has 1 heteroatoms. The summed E-state index contributed by atoms with van der Waals surface area (Å²) in [6.07, 6.45) is 0. The molecule has 0 spiro atoms. The molecule has 0 amide bonds. The number of thiophene rings is 1. The van der Waals surface area contributed by atoms with Crippen LogP contribution in [0.4, 0.5) is 0 Å². The molecule has 0 unspecified atom stereocenters. The smallest absolute Gasteiger partial charge is 0.0434 e. The van der Waals surface area contributed by atoms with Crippen LogP contribution in [0.15, 0.2) is 158 Å². The summed E-state index contributed by atoms with van der Waals surface area (Å²) in [4.78, 5) is 2.62. The van der Waals surface area contributed by atoms with E-state index in [0.29, 0.717) is 0 Å². The largest absolute Gasteiger partial charge is 0.134 e. The molecule has 7 rings (SSSR count). The van der Waals surface area contributed by atoms with Crippen LogP contribution in [0.1, 0.15) is 0 Å². The molecule has 1 heterocycles. The third kappa shape index (κ3) is 4.37. The van der Waals surface area contributed by atoms with Crippen molar-refractivity contribution in [1.82, 2.24) is 0 Å². The molecule has 0 aliphatic heterocycles. The topological polar surface area (TPSA) is 0 Å². The van der Waals surface area contributed by atoms with Crippen LogP contribution in [0.5, 0.6) is 0 Å². The predicted molar refractivity (Wildman–Crippen MR) is 169 cm³/mol. The fourth-order valence-corrected chi connectivity index (χ4v) is 6.81. The Bertz CT molecular complexity index is 1880. The lowest BCUT2D eigenvalue weighted by atomic mass is 9.92. The van der Waals surface area contributed by atoms with Gasteiger partial charge in [-0.25, -0.2) is 0 Å². The first kappa shape index (κ1) is 23.4. The lowest BCUT2D eigenvalue weighted by Crippen LogP contribution is -1.86. The molecule has 0 N–H and O–H groups in total. The number of fused-ring (bicyclic) bond motifs is 1. The molecule has 0 saturated carbocycles. The molecular weight excluding hydrogens is 488 g/mol. The Labute approximate surface area is 233 Å². The normalized spacial score (nSPS) is 11.1. The fraction of sp³-hybridized carbons (Fsp3) is 0. The Morgan fingerprint density at radius 1 is 0.282 bits per heavy atom. The standard InChI is InChI=1S/C38H26S/c1-4-14-27(15-5-1)30-24-25-35(36(26-30)29-18-8-3-9-19-29)38-34-23-13-12-22-33(34)37(39-38)32-21-11-10-20-31(32)28-16-6-2-7-17-28/h1-26H. The van der Waals surface area contributed by atoms with Crippen LogP contribution >= 0.6 is 11.3 Å². The van der Waals surface area contributed by atoms with E-state index in [1.807, 2.05) is 11.3 Å². The van der Waals surface area contributed by atoms with Gasteiger partial charge in [0.15, 0.2) is 0 Å². The van der Waals surface area contributed by atoms with Crippen LogP contribution in [-0.2, 0) is 0 Å². The van der Waals surface area contributed by atoms with Crippen molar-refractivity contribution < 1.29 is 0 Å². The lowest BCUT2D eigenvalue weighted by molar-refractivity contribution is 1.59. The minimum Gasteiger partial charge on any atom is -0.134 e. The van der Waals surface area contributed by atoms with E-state index in [-0.39, 0.29) is 0 Å². The van der Waals surface area contributed by atoms with Gasteiger partial charge in [-0.1, -0.05) is 152 Å². The van der Waals surface area contributed by atoms with Crippen molar-refractivity contribution in [3.63, 3.8) is 0 Å². The summed E-state index contributed by atoms with van der Waals surface area (Å²) in [5, 5.41) is 2.59. The van der Waals surface area contributed by atoms with Gasteiger partial charge in [-0.2, -0.15) is 0 Å². The van der Waals surface area contributed by atoms with Crippen LogP contribution < -0.4 is 0 Å². The highest BCUT2D eigenvalue weighted by Crippen LogP contribution is 2.49. The maximum absolute atomic E-state index is 2.35. The van der Waals surface area contributed by atoms with Crippen LogP contribution in [0.3, 0.4) is 0 Å². The van der Waals surface area contributed by atoms with Crippen molar-refractivity contribution >= 4 is 22.1 Å². The quantitative estimate of drug-likeness (QED) is 0.214. The predicted octanol–water partition coefficient (Wildman–Crippen LogP) is 11.2. The van der Waals surface area contributed by atoms with Gasteiger partial charge in [0.25, 0.3) is 0 Å². The molecule has 0 aliphatic rings. The van der Waals surface area contributed by atoms with E-state index in [0.717, 1.165) is 0 Å². The average Bonchev–Trinajstić information content (AvgIpc) is 3.41. The molecular formula is C38H26S. The summed E-state index contributed by atoms with van der Waals surface area (Å²) in [7, 11) is 0.